The van der Waals surface area contributed by atoms with Crippen molar-refractivity contribution in [3.05, 3.63) is 35.5 Å². The van der Waals surface area contributed by atoms with E-state index in [1.54, 1.807) is 12.2 Å². The van der Waals surface area contributed by atoms with E-state index >= 15 is 0 Å². The standard InChI is InChI=1S/C21H26O10/c1-9-2-3-12-14(9)21-11(4-5-20(12,8-23)31-21)10(18(27)30-21)7-28-19-17(26)16(25)15(24)13(6-22)29-19/h4-5,12-17,19,22-26H,1-3,6-8H2/t12-,13+,14+,15+,16-,17+,19+,20-,21-/m0/s1. The molecule has 2 bridgehead atoms. The van der Waals surface area contributed by atoms with Gasteiger partial charge in [-0.2, -0.15) is 0 Å². The average Bonchev–Trinajstić information content (AvgIpc) is 3.35. The second-order valence-corrected chi connectivity index (χ2v) is 8.79. The van der Waals surface area contributed by atoms with Crippen LogP contribution in [0.15, 0.2) is 35.5 Å². The molecule has 4 heterocycles. The van der Waals surface area contributed by atoms with Crippen molar-refractivity contribution in [3.8, 4) is 0 Å². The summed E-state index contributed by atoms with van der Waals surface area (Å²) in [6.45, 7) is 2.97. The molecule has 0 aromatic rings. The first-order chi connectivity index (χ1) is 14.8. The lowest BCUT2D eigenvalue weighted by atomic mass is 9.80. The van der Waals surface area contributed by atoms with Crippen LogP contribution in [0, 0.1) is 11.8 Å². The van der Waals surface area contributed by atoms with Gasteiger partial charge in [0.25, 0.3) is 0 Å². The molecule has 0 radical (unpaired) electrons. The van der Waals surface area contributed by atoms with Crippen LogP contribution in [-0.2, 0) is 23.7 Å². The van der Waals surface area contributed by atoms with E-state index < -0.39 is 54.7 Å². The molecule has 1 saturated carbocycles. The summed E-state index contributed by atoms with van der Waals surface area (Å²) >= 11 is 0. The maximum Gasteiger partial charge on any atom is 0.339 e. The second kappa shape index (κ2) is 7.19. The minimum atomic E-state index is -1.59. The molecule has 1 spiro atoms. The molecule has 3 fully saturated rings. The van der Waals surface area contributed by atoms with Gasteiger partial charge in [0.2, 0.25) is 5.79 Å². The molecular formula is C21H26O10. The van der Waals surface area contributed by atoms with E-state index in [1.807, 2.05) is 0 Å². The molecule has 0 aromatic heterocycles. The third-order valence-electron chi connectivity index (χ3n) is 7.21. The van der Waals surface area contributed by atoms with Crippen molar-refractivity contribution in [2.45, 2.75) is 54.9 Å². The summed E-state index contributed by atoms with van der Waals surface area (Å²) in [6.07, 6.45) is -2.21. The number of aliphatic hydroxyl groups excluding tert-OH is 5. The van der Waals surface area contributed by atoms with E-state index in [-0.39, 0.29) is 30.6 Å². The Labute approximate surface area is 178 Å². The fraction of sp³-hybridized carbons (Fsp3) is 0.667. The first kappa shape index (κ1) is 21.2. The van der Waals surface area contributed by atoms with Gasteiger partial charge < -0.3 is 44.5 Å². The highest BCUT2D eigenvalue weighted by atomic mass is 16.7. The number of hydrogen-bond donors (Lipinski definition) is 5. The van der Waals surface area contributed by atoms with Crippen LogP contribution in [0.4, 0.5) is 0 Å². The normalized spacial score (nSPS) is 48.2. The molecule has 4 aliphatic heterocycles. The number of fused-ring (bicyclic) bond motifs is 3. The number of esters is 1. The number of ether oxygens (including phenoxy) is 4. The third-order valence-corrected chi connectivity index (χ3v) is 7.21. The molecule has 5 aliphatic rings. The lowest BCUT2D eigenvalue weighted by Gasteiger charge is -2.39. The molecule has 31 heavy (non-hydrogen) atoms. The van der Waals surface area contributed by atoms with Crippen LogP contribution in [0.1, 0.15) is 12.8 Å². The zero-order valence-corrected chi connectivity index (χ0v) is 16.7. The Hall–Kier alpha value is -1.63. The van der Waals surface area contributed by atoms with Gasteiger partial charge >= 0.3 is 5.97 Å². The average molecular weight is 438 g/mol. The Balaban J connectivity index is 1.43. The smallest absolute Gasteiger partial charge is 0.339 e. The molecule has 0 aromatic carbocycles. The first-order valence-electron chi connectivity index (χ1n) is 10.3. The number of hydrogen-bond acceptors (Lipinski definition) is 10. The fourth-order valence-corrected chi connectivity index (χ4v) is 5.62. The van der Waals surface area contributed by atoms with Crippen LogP contribution < -0.4 is 0 Å². The number of carbonyl (C=O) groups excluding carboxylic acids is 1. The molecule has 9 atom stereocenters. The molecule has 0 unspecified atom stereocenters. The lowest BCUT2D eigenvalue weighted by Crippen LogP contribution is -2.59. The molecule has 2 saturated heterocycles. The van der Waals surface area contributed by atoms with E-state index in [1.165, 1.54) is 0 Å². The molecular weight excluding hydrogens is 412 g/mol. The summed E-state index contributed by atoms with van der Waals surface area (Å²) in [5, 5.41) is 49.4. The predicted octanol–water partition coefficient (Wildman–Crippen LogP) is -1.73. The van der Waals surface area contributed by atoms with Crippen molar-refractivity contribution in [1.82, 2.24) is 0 Å². The Morgan fingerprint density at radius 1 is 1.19 bits per heavy atom. The van der Waals surface area contributed by atoms with E-state index in [0.717, 1.165) is 18.4 Å². The minimum absolute atomic E-state index is 0.0720. The zero-order chi connectivity index (χ0) is 22.1. The Morgan fingerprint density at radius 2 is 1.97 bits per heavy atom. The van der Waals surface area contributed by atoms with Crippen molar-refractivity contribution >= 4 is 5.97 Å². The van der Waals surface area contributed by atoms with Gasteiger partial charge in [0, 0.05) is 11.5 Å². The van der Waals surface area contributed by atoms with Crippen LogP contribution in [0.25, 0.3) is 0 Å². The highest BCUT2D eigenvalue weighted by Gasteiger charge is 2.71. The highest BCUT2D eigenvalue weighted by molar-refractivity contribution is 5.94. The maximum absolute atomic E-state index is 12.8. The molecule has 10 nitrogen and oxygen atoms in total. The zero-order valence-electron chi connectivity index (χ0n) is 16.7. The Morgan fingerprint density at radius 3 is 2.68 bits per heavy atom. The van der Waals surface area contributed by atoms with Crippen LogP contribution in [0.3, 0.4) is 0 Å². The summed E-state index contributed by atoms with van der Waals surface area (Å²) < 4.78 is 22.9. The van der Waals surface area contributed by atoms with Crippen molar-refractivity contribution < 1.29 is 49.3 Å². The summed E-state index contributed by atoms with van der Waals surface area (Å²) in [5.41, 5.74) is 0.591. The van der Waals surface area contributed by atoms with Crippen molar-refractivity contribution in [3.63, 3.8) is 0 Å². The Kier molecular flexibility index (Phi) is 4.92. The number of rotatable bonds is 5. The molecule has 5 rings (SSSR count). The number of aliphatic hydroxyl groups is 5. The van der Waals surface area contributed by atoms with E-state index in [2.05, 4.69) is 6.58 Å². The monoisotopic (exact) mass is 438 g/mol. The van der Waals surface area contributed by atoms with E-state index in [9.17, 15) is 30.3 Å². The number of carbonyl (C=O) groups is 1. The van der Waals surface area contributed by atoms with E-state index in [4.69, 9.17) is 18.9 Å². The van der Waals surface area contributed by atoms with Gasteiger partial charge in [0.15, 0.2) is 6.29 Å². The maximum atomic E-state index is 12.8. The molecule has 5 N–H and O–H groups in total. The summed E-state index contributed by atoms with van der Waals surface area (Å²) in [5.74, 6) is -2.39. The molecule has 1 aliphatic carbocycles. The van der Waals surface area contributed by atoms with Gasteiger partial charge in [0.1, 0.15) is 30.0 Å². The summed E-state index contributed by atoms with van der Waals surface area (Å²) in [6, 6.07) is 0. The van der Waals surface area contributed by atoms with E-state index in [0.29, 0.717) is 5.57 Å². The largest absolute Gasteiger partial charge is 0.424 e. The van der Waals surface area contributed by atoms with Gasteiger partial charge in [0.05, 0.1) is 31.3 Å². The van der Waals surface area contributed by atoms with Crippen LogP contribution >= 0.6 is 0 Å². The van der Waals surface area contributed by atoms with Crippen LogP contribution in [0.5, 0.6) is 0 Å². The van der Waals surface area contributed by atoms with Gasteiger partial charge in [-0.1, -0.05) is 18.2 Å². The third kappa shape index (κ3) is 2.77. The highest BCUT2D eigenvalue weighted by Crippen LogP contribution is 2.64. The van der Waals surface area contributed by atoms with Crippen molar-refractivity contribution in [1.29, 1.82) is 0 Å². The fourth-order valence-electron chi connectivity index (χ4n) is 5.62. The Bertz CT molecular complexity index is 864. The predicted molar refractivity (Wildman–Crippen MR) is 101 cm³/mol. The molecule has 170 valence electrons. The summed E-state index contributed by atoms with van der Waals surface area (Å²) in [7, 11) is 0. The minimum Gasteiger partial charge on any atom is -0.424 e. The molecule has 10 heteroatoms. The van der Waals surface area contributed by atoms with Gasteiger partial charge in [-0.05, 0) is 18.9 Å². The van der Waals surface area contributed by atoms with Gasteiger partial charge in [-0.15, -0.1) is 0 Å². The van der Waals surface area contributed by atoms with Crippen molar-refractivity contribution in [2.75, 3.05) is 19.8 Å². The SMILES string of the molecule is C=C1CC[C@H]2[C@@H]1[C@]13OC(=O)C(CO[C@@H]4O[C@H](CO)[C@@H](O)[C@H](O)[C@H]4O)=C1C=C[C@@]2(CO)O3. The van der Waals surface area contributed by atoms with Crippen molar-refractivity contribution in [2.24, 2.45) is 11.8 Å². The molecule has 0 amide bonds. The first-order valence-corrected chi connectivity index (χ1v) is 10.3. The topological polar surface area (TPSA) is 155 Å². The van der Waals surface area contributed by atoms with Gasteiger partial charge in [-0.25, -0.2) is 4.79 Å². The quantitative estimate of drug-likeness (QED) is 0.247. The van der Waals surface area contributed by atoms with Gasteiger partial charge in [-0.3, -0.25) is 0 Å². The van der Waals surface area contributed by atoms with Crippen LogP contribution in [0.2, 0.25) is 0 Å². The second-order valence-electron chi connectivity index (χ2n) is 8.79. The lowest BCUT2D eigenvalue weighted by molar-refractivity contribution is -0.298. The van der Waals surface area contributed by atoms with Crippen LogP contribution in [-0.4, -0.2) is 93.4 Å². The summed E-state index contributed by atoms with van der Waals surface area (Å²) in [4.78, 5) is 12.8.